The smallest absolute Gasteiger partial charge is 0.341 e. The highest BCUT2D eigenvalue weighted by molar-refractivity contribution is 7.89. The second-order valence-corrected chi connectivity index (χ2v) is 5.73. The molecule has 0 bridgehead atoms. The molecular formula is C9H7NO4S2. The third-order valence-electron chi connectivity index (χ3n) is 1.72. The van der Waals surface area contributed by atoms with Gasteiger partial charge in [-0.3, -0.25) is 4.79 Å². The number of carbonyl (C=O) groups excluding carboxylic acids is 1. The molecule has 1 aromatic heterocycles. The van der Waals surface area contributed by atoms with Gasteiger partial charge in [-0.05, 0) is 12.1 Å². The first-order chi connectivity index (χ1) is 7.49. The van der Waals surface area contributed by atoms with Crippen LogP contribution in [0.3, 0.4) is 0 Å². The summed E-state index contributed by atoms with van der Waals surface area (Å²) in [6, 6.07) is 6.98. The topological polar surface area (TPSA) is 73.3 Å². The molecule has 0 spiro atoms. The Kier molecular flexibility index (Phi) is 2.64. The quantitative estimate of drug-likeness (QED) is 0.763. The summed E-state index contributed by atoms with van der Waals surface area (Å²) in [5.41, 5.74) is 0.568. The minimum atomic E-state index is -4.06. The van der Waals surface area contributed by atoms with E-state index in [0.717, 1.165) is 23.0 Å². The average molecular weight is 257 g/mol. The maximum atomic E-state index is 11.5. The first kappa shape index (κ1) is 11.0. The van der Waals surface area contributed by atoms with Gasteiger partial charge in [0.15, 0.2) is 0 Å². The van der Waals surface area contributed by atoms with Crippen molar-refractivity contribution >= 4 is 37.6 Å². The van der Waals surface area contributed by atoms with E-state index in [4.69, 9.17) is 0 Å². The Morgan fingerprint density at radius 1 is 1.38 bits per heavy atom. The van der Waals surface area contributed by atoms with Crippen molar-refractivity contribution in [2.24, 2.45) is 0 Å². The van der Waals surface area contributed by atoms with Crippen LogP contribution in [0.2, 0.25) is 0 Å². The lowest BCUT2D eigenvalue weighted by atomic mass is 10.3. The molecule has 84 valence electrons. The monoisotopic (exact) mass is 257 g/mol. The number of nitrogens with zero attached hydrogens (tertiary/aromatic N) is 1. The number of carbonyl (C=O) groups is 1. The number of hydrogen-bond acceptors (Lipinski definition) is 6. The molecule has 0 amide bonds. The molecule has 0 fully saturated rings. The standard InChI is InChI=1S/C9H7NO4S2/c1-6(11)14-16(12,13)9-10-7-4-2-3-5-8(7)15-9/h2-5H,1H3. The Bertz CT molecular complexity index is 611. The number of thiazole rings is 1. The molecule has 2 rings (SSSR count). The van der Waals surface area contributed by atoms with Gasteiger partial charge in [0.2, 0.25) is 4.34 Å². The van der Waals surface area contributed by atoms with Gasteiger partial charge in [0.1, 0.15) is 0 Å². The van der Waals surface area contributed by atoms with Crippen LogP contribution in [0, 0.1) is 0 Å². The van der Waals surface area contributed by atoms with Gasteiger partial charge in [0.05, 0.1) is 10.2 Å². The second kappa shape index (κ2) is 3.84. The molecule has 0 saturated carbocycles. The fraction of sp³-hybridized carbons (Fsp3) is 0.111. The lowest BCUT2D eigenvalue weighted by Crippen LogP contribution is -2.09. The number of hydrogen-bond donors (Lipinski definition) is 0. The number of benzene rings is 1. The second-order valence-electron chi connectivity index (χ2n) is 2.98. The highest BCUT2D eigenvalue weighted by Gasteiger charge is 2.22. The minimum absolute atomic E-state index is 0.205. The summed E-state index contributed by atoms with van der Waals surface area (Å²) in [5, 5.41) is 0. The van der Waals surface area contributed by atoms with Crippen molar-refractivity contribution in [2.75, 3.05) is 0 Å². The lowest BCUT2D eigenvalue weighted by Gasteiger charge is -1.97. The van der Waals surface area contributed by atoms with Gasteiger partial charge in [-0.15, -0.1) is 0 Å². The predicted octanol–water partition coefficient (Wildman–Crippen LogP) is 1.55. The zero-order valence-electron chi connectivity index (χ0n) is 8.21. The summed E-state index contributed by atoms with van der Waals surface area (Å²) in [6.45, 7) is 1.03. The van der Waals surface area contributed by atoms with E-state index in [1.165, 1.54) is 0 Å². The van der Waals surface area contributed by atoms with Crippen LogP contribution in [0.5, 0.6) is 0 Å². The van der Waals surface area contributed by atoms with Crippen molar-refractivity contribution in [3.8, 4) is 0 Å². The van der Waals surface area contributed by atoms with Gasteiger partial charge in [0, 0.05) is 6.92 Å². The van der Waals surface area contributed by atoms with Crippen LogP contribution in [-0.2, 0) is 19.1 Å². The van der Waals surface area contributed by atoms with Crippen molar-refractivity contribution in [3.05, 3.63) is 24.3 Å². The molecule has 2 aromatic rings. The SMILES string of the molecule is CC(=O)OS(=O)(=O)c1nc2ccccc2s1. The summed E-state index contributed by atoms with van der Waals surface area (Å²) in [6.07, 6.45) is 0. The Morgan fingerprint density at radius 2 is 2.06 bits per heavy atom. The number of aromatic nitrogens is 1. The summed E-state index contributed by atoms with van der Waals surface area (Å²) < 4.78 is 27.8. The fourth-order valence-corrected chi connectivity index (χ4v) is 3.22. The van der Waals surface area contributed by atoms with E-state index in [-0.39, 0.29) is 4.34 Å². The molecule has 0 N–H and O–H groups in total. The maximum Gasteiger partial charge on any atom is 0.369 e. The highest BCUT2D eigenvalue weighted by atomic mass is 32.3. The third-order valence-corrected chi connectivity index (χ3v) is 4.38. The van der Waals surface area contributed by atoms with Crippen LogP contribution in [0.1, 0.15) is 6.92 Å². The average Bonchev–Trinajstić information content (AvgIpc) is 2.59. The minimum Gasteiger partial charge on any atom is -0.341 e. The summed E-state index contributed by atoms with van der Waals surface area (Å²) in [5.74, 6) is -0.876. The molecule has 0 unspecified atom stereocenters. The Morgan fingerprint density at radius 3 is 2.69 bits per heavy atom. The van der Waals surface area contributed by atoms with Gasteiger partial charge in [-0.1, -0.05) is 23.5 Å². The third kappa shape index (κ3) is 2.05. The molecule has 0 aliphatic carbocycles. The molecule has 0 saturated heterocycles. The zero-order chi connectivity index (χ0) is 11.8. The number of fused-ring (bicyclic) bond motifs is 1. The molecule has 1 heterocycles. The van der Waals surface area contributed by atoms with Crippen molar-refractivity contribution in [2.45, 2.75) is 11.3 Å². The van der Waals surface area contributed by atoms with E-state index in [9.17, 15) is 13.2 Å². The van der Waals surface area contributed by atoms with Crippen molar-refractivity contribution in [1.29, 1.82) is 0 Å². The molecule has 5 nitrogen and oxygen atoms in total. The molecule has 0 aliphatic heterocycles. The van der Waals surface area contributed by atoms with E-state index in [1.807, 2.05) is 0 Å². The van der Waals surface area contributed by atoms with Gasteiger partial charge in [0.25, 0.3) is 0 Å². The first-order valence-corrected chi connectivity index (χ1v) is 6.52. The number of para-hydroxylation sites is 1. The highest BCUT2D eigenvalue weighted by Crippen LogP contribution is 2.26. The van der Waals surface area contributed by atoms with Crippen LogP contribution in [0.15, 0.2) is 28.6 Å². The van der Waals surface area contributed by atoms with Crippen molar-refractivity contribution in [1.82, 2.24) is 4.98 Å². The Labute approximate surface area is 95.8 Å². The fourth-order valence-electron chi connectivity index (χ4n) is 1.15. The maximum absolute atomic E-state index is 11.5. The molecule has 7 heteroatoms. The van der Waals surface area contributed by atoms with E-state index in [2.05, 4.69) is 9.17 Å². The normalized spacial score (nSPS) is 11.6. The van der Waals surface area contributed by atoms with Crippen LogP contribution < -0.4 is 0 Å². The van der Waals surface area contributed by atoms with E-state index < -0.39 is 16.1 Å². The van der Waals surface area contributed by atoms with E-state index in [1.54, 1.807) is 24.3 Å². The molecular weight excluding hydrogens is 250 g/mol. The lowest BCUT2D eigenvalue weighted by molar-refractivity contribution is -0.131. The molecule has 0 atom stereocenters. The van der Waals surface area contributed by atoms with E-state index >= 15 is 0 Å². The van der Waals surface area contributed by atoms with Crippen LogP contribution >= 0.6 is 11.3 Å². The van der Waals surface area contributed by atoms with Crippen molar-refractivity contribution < 1.29 is 17.4 Å². The molecule has 0 radical (unpaired) electrons. The van der Waals surface area contributed by atoms with Gasteiger partial charge in [-0.25, -0.2) is 4.98 Å². The predicted molar refractivity (Wildman–Crippen MR) is 58.6 cm³/mol. The molecule has 0 aliphatic rings. The first-order valence-electron chi connectivity index (χ1n) is 4.30. The van der Waals surface area contributed by atoms with Crippen LogP contribution in [0.25, 0.3) is 10.2 Å². The van der Waals surface area contributed by atoms with Crippen LogP contribution in [0.4, 0.5) is 0 Å². The molecule has 16 heavy (non-hydrogen) atoms. The largest absolute Gasteiger partial charge is 0.369 e. The van der Waals surface area contributed by atoms with Crippen LogP contribution in [-0.4, -0.2) is 19.4 Å². The Hall–Kier alpha value is -1.47. The summed E-state index contributed by atoms with van der Waals surface area (Å²) in [7, 11) is -4.06. The molecule has 1 aromatic carbocycles. The van der Waals surface area contributed by atoms with Crippen molar-refractivity contribution in [3.63, 3.8) is 0 Å². The van der Waals surface area contributed by atoms with Gasteiger partial charge in [-0.2, -0.15) is 8.42 Å². The van der Waals surface area contributed by atoms with Gasteiger partial charge < -0.3 is 4.18 Å². The summed E-state index contributed by atoms with van der Waals surface area (Å²) >= 11 is 0.970. The number of rotatable bonds is 2. The zero-order valence-corrected chi connectivity index (χ0v) is 9.84. The summed E-state index contributed by atoms with van der Waals surface area (Å²) in [4.78, 5) is 14.5. The Balaban J connectivity index is 2.52. The van der Waals surface area contributed by atoms with Gasteiger partial charge >= 0.3 is 16.1 Å². The van der Waals surface area contributed by atoms with E-state index in [0.29, 0.717) is 5.52 Å².